The molecule has 1 aromatic rings. The fourth-order valence-electron chi connectivity index (χ4n) is 0.834. The molecule has 0 saturated carbocycles. The van der Waals surface area contributed by atoms with Crippen molar-refractivity contribution in [3.05, 3.63) is 42.0 Å². The molecule has 0 amide bonds. The standard InChI is InChI=1S/C10H9NSe/c11-9-12-8-4-7-10-5-2-1-3-6-10/h1-7H,8H2/b7-4+. The number of hydrogen-bond donors (Lipinski definition) is 0. The minimum absolute atomic E-state index is 0.116. The van der Waals surface area contributed by atoms with Crippen molar-refractivity contribution in [2.75, 3.05) is 0 Å². The molecule has 0 aliphatic heterocycles. The predicted molar refractivity (Wildman–Crippen MR) is 51.7 cm³/mol. The minimum atomic E-state index is 0.116. The predicted octanol–water partition coefficient (Wildman–Crippen LogP) is 2.30. The van der Waals surface area contributed by atoms with Gasteiger partial charge >= 0.3 is 78.6 Å². The first kappa shape index (κ1) is 9.06. The van der Waals surface area contributed by atoms with Crippen LogP contribution in [-0.2, 0) is 0 Å². The topological polar surface area (TPSA) is 23.8 Å². The van der Waals surface area contributed by atoms with Crippen LogP contribution in [0.1, 0.15) is 5.56 Å². The van der Waals surface area contributed by atoms with Gasteiger partial charge in [-0.25, -0.2) is 0 Å². The second-order valence-corrected chi connectivity index (χ2v) is 3.90. The van der Waals surface area contributed by atoms with E-state index in [1.807, 2.05) is 18.2 Å². The van der Waals surface area contributed by atoms with Crippen LogP contribution in [0.5, 0.6) is 0 Å². The van der Waals surface area contributed by atoms with E-state index in [4.69, 9.17) is 5.26 Å². The molecule has 1 rings (SSSR count). The molecule has 1 nitrogen and oxygen atoms in total. The van der Waals surface area contributed by atoms with Crippen LogP contribution < -0.4 is 0 Å². The number of rotatable bonds is 3. The molecule has 0 N–H and O–H groups in total. The molecule has 0 heterocycles. The summed E-state index contributed by atoms with van der Waals surface area (Å²) in [5.74, 6) is 0. The second kappa shape index (κ2) is 5.60. The molecule has 0 saturated heterocycles. The summed E-state index contributed by atoms with van der Waals surface area (Å²) in [5.41, 5.74) is 1.20. The molecule has 0 bridgehead atoms. The van der Waals surface area contributed by atoms with Gasteiger partial charge in [0.2, 0.25) is 0 Å². The number of nitrogens with zero attached hydrogens (tertiary/aromatic N) is 1. The molecule has 0 aliphatic rings. The number of hydrogen-bond acceptors (Lipinski definition) is 1. The number of benzene rings is 1. The Morgan fingerprint density at radius 3 is 2.75 bits per heavy atom. The van der Waals surface area contributed by atoms with Crippen LogP contribution in [-0.4, -0.2) is 15.0 Å². The average Bonchev–Trinajstić information content (AvgIpc) is 2.14. The Balaban J connectivity index is 2.43. The van der Waals surface area contributed by atoms with E-state index in [2.05, 4.69) is 29.3 Å². The van der Waals surface area contributed by atoms with Gasteiger partial charge in [0, 0.05) is 0 Å². The third-order valence-electron chi connectivity index (χ3n) is 1.35. The van der Waals surface area contributed by atoms with Crippen LogP contribution in [0.4, 0.5) is 0 Å². The third-order valence-corrected chi connectivity index (χ3v) is 2.38. The molecule has 0 spiro atoms. The first-order valence-corrected chi connectivity index (χ1v) is 5.73. The van der Waals surface area contributed by atoms with Crippen LogP contribution in [0, 0.1) is 10.2 Å². The maximum absolute atomic E-state index is 8.31. The van der Waals surface area contributed by atoms with Gasteiger partial charge in [0.1, 0.15) is 0 Å². The molecule has 0 aliphatic carbocycles. The van der Waals surface area contributed by atoms with Gasteiger partial charge in [0.05, 0.1) is 0 Å². The summed E-state index contributed by atoms with van der Waals surface area (Å²) in [7, 11) is 0. The summed E-state index contributed by atoms with van der Waals surface area (Å²) < 4.78 is 0. The quantitative estimate of drug-likeness (QED) is 0.568. The fourth-order valence-corrected chi connectivity index (χ4v) is 1.39. The Kier molecular flexibility index (Phi) is 4.23. The van der Waals surface area contributed by atoms with Gasteiger partial charge in [-0.1, -0.05) is 0 Å². The molecule has 60 valence electrons. The first-order chi connectivity index (χ1) is 5.93. The van der Waals surface area contributed by atoms with Gasteiger partial charge in [-0.3, -0.25) is 0 Å². The number of nitriles is 1. The van der Waals surface area contributed by atoms with Crippen molar-refractivity contribution in [3.8, 4) is 4.97 Å². The Labute approximate surface area is 78.9 Å². The van der Waals surface area contributed by atoms with Crippen LogP contribution in [0.25, 0.3) is 6.08 Å². The van der Waals surface area contributed by atoms with Crippen molar-refractivity contribution in [2.24, 2.45) is 0 Å². The summed E-state index contributed by atoms with van der Waals surface area (Å²) in [5, 5.41) is 9.21. The van der Waals surface area contributed by atoms with Crippen molar-refractivity contribution in [1.82, 2.24) is 0 Å². The molecule has 1 aromatic carbocycles. The molecule has 0 fully saturated rings. The van der Waals surface area contributed by atoms with Crippen LogP contribution in [0.3, 0.4) is 0 Å². The van der Waals surface area contributed by atoms with Crippen molar-refractivity contribution in [2.45, 2.75) is 5.32 Å². The summed E-state index contributed by atoms with van der Waals surface area (Å²) in [6, 6.07) is 10.1. The summed E-state index contributed by atoms with van der Waals surface area (Å²) >= 11 is 0.116. The molecular weight excluding hydrogens is 213 g/mol. The zero-order valence-electron chi connectivity index (χ0n) is 6.60. The molecule has 0 aromatic heterocycles. The Hall–Kier alpha value is -1.03. The molecule has 2 heteroatoms. The van der Waals surface area contributed by atoms with Gasteiger partial charge in [-0.15, -0.1) is 0 Å². The van der Waals surface area contributed by atoms with Crippen LogP contribution in [0.2, 0.25) is 5.32 Å². The van der Waals surface area contributed by atoms with Gasteiger partial charge < -0.3 is 0 Å². The Morgan fingerprint density at radius 2 is 2.08 bits per heavy atom. The average molecular weight is 222 g/mol. The second-order valence-electron chi connectivity index (χ2n) is 2.22. The molecule has 0 atom stereocenters. The summed E-state index contributed by atoms with van der Waals surface area (Å²) in [6.07, 6.45) is 4.11. The summed E-state index contributed by atoms with van der Waals surface area (Å²) in [6.45, 7) is 0. The third kappa shape index (κ3) is 3.39. The van der Waals surface area contributed by atoms with E-state index in [1.54, 1.807) is 0 Å². The molecule has 0 unspecified atom stereocenters. The van der Waals surface area contributed by atoms with Crippen molar-refractivity contribution in [3.63, 3.8) is 0 Å². The van der Waals surface area contributed by atoms with E-state index >= 15 is 0 Å². The Morgan fingerprint density at radius 1 is 1.33 bits per heavy atom. The van der Waals surface area contributed by atoms with Gasteiger partial charge in [0.15, 0.2) is 0 Å². The van der Waals surface area contributed by atoms with E-state index in [-0.39, 0.29) is 15.0 Å². The van der Waals surface area contributed by atoms with Crippen LogP contribution >= 0.6 is 0 Å². The van der Waals surface area contributed by atoms with Crippen molar-refractivity contribution in [1.29, 1.82) is 5.26 Å². The zero-order chi connectivity index (χ0) is 8.65. The Bertz CT molecular complexity index is 284. The van der Waals surface area contributed by atoms with Gasteiger partial charge in [-0.2, -0.15) is 0 Å². The van der Waals surface area contributed by atoms with Gasteiger partial charge in [0.25, 0.3) is 0 Å². The normalized spacial score (nSPS) is 9.92. The molecule has 12 heavy (non-hydrogen) atoms. The van der Waals surface area contributed by atoms with E-state index in [9.17, 15) is 0 Å². The molecular formula is C10H9NSe. The molecule has 0 radical (unpaired) electrons. The maximum atomic E-state index is 8.31. The van der Waals surface area contributed by atoms with E-state index in [0.717, 1.165) is 5.32 Å². The van der Waals surface area contributed by atoms with E-state index in [0.29, 0.717) is 0 Å². The monoisotopic (exact) mass is 223 g/mol. The van der Waals surface area contributed by atoms with E-state index < -0.39 is 0 Å². The first-order valence-electron chi connectivity index (χ1n) is 3.66. The zero-order valence-corrected chi connectivity index (χ0v) is 8.32. The SMILES string of the molecule is N#C[Se]C/C=C/c1ccccc1. The van der Waals surface area contributed by atoms with Gasteiger partial charge in [-0.05, 0) is 0 Å². The van der Waals surface area contributed by atoms with Crippen molar-refractivity contribution >= 4 is 21.0 Å². The van der Waals surface area contributed by atoms with Crippen molar-refractivity contribution < 1.29 is 0 Å². The fraction of sp³-hybridized carbons (Fsp3) is 0.100. The number of allylic oxidation sites excluding steroid dienone is 1. The summed E-state index contributed by atoms with van der Waals surface area (Å²) in [4.78, 5) is 2.17. The van der Waals surface area contributed by atoms with Crippen LogP contribution in [0.15, 0.2) is 36.4 Å². The van der Waals surface area contributed by atoms with E-state index in [1.165, 1.54) is 5.56 Å².